The van der Waals surface area contributed by atoms with Crippen molar-refractivity contribution in [3.05, 3.63) is 22.8 Å². The lowest BCUT2D eigenvalue weighted by molar-refractivity contribution is -0.138. The number of halogens is 1. The first-order valence-electron chi connectivity index (χ1n) is 5.57. The van der Waals surface area contributed by atoms with E-state index in [1.165, 1.54) is 0 Å². The predicted molar refractivity (Wildman–Crippen MR) is 76.7 cm³/mol. The molecule has 0 fully saturated rings. The molecule has 2 aromatic rings. The number of anilines is 1. The Labute approximate surface area is 131 Å². The molecule has 11 heteroatoms. The molecule has 1 amide bonds. The fourth-order valence-corrected chi connectivity index (χ4v) is 2.20. The van der Waals surface area contributed by atoms with Crippen LogP contribution in [-0.2, 0) is 16.1 Å². The molecule has 0 saturated carbocycles. The summed E-state index contributed by atoms with van der Waals surface area (Å²) < 4.78 is 1.92. The summed E-state index contributed by atoms with van der Waals surface area (Å²) in [7, 11) is 0. The molecule has 2 N–H and O–H groups in total. The van der Waals surface area contributed by atoms with Crippen molar-refractivity contribution in [2.75, 3.05) is 11.1 Å². The van der Waals surface area contributed by atoms with Gasteiger partial charge in [-0.05, 0) is 38.5 Å². The lowest BCUT2D eigenvalue weighted by Crippen LogP contribution is -2.16. The van der Waals surface area contributed by atoms with Gasteiger partial charge in [0, 0.05) is 10.7 Å². The number of carbonyl (C=O) groups is 2. The van der Waals surface area contributed by atoms with Crippen LogP contribution in [-0.4, -0.2) is 47.9 Å². The van der Waals surface area contributed by atoms with Crippen molar-refractivity contribution in [1.29, 1.82) is 0 Å². The van der Waals surface area contributed by atoms with Crippen LogP contribution in [0.3, 0.4) is 0 Å². The lowest BCUT2D eigenvalue weighted by Gasteiger charge is -2.04. The maximum atomic E-state index is 11.7. The fourth-order valence-electron chi connectivity index (χ4n) is 1.29. The van der Waals surface area contributed by atoms with Crippen molar-refractivity contribution < 1.29 is 14.7 Å². The molecule has 2 rings (SSSR count). The number of amides is 1. The summed E-state index contributed by atoms with van der Waals surface area (Å²) in [6, 6.07) is 3.41. The Morgan fingerprint density at radius 2 is 2.24 bits per heavy atom. The van der Waals surface area contributed by atoms with Gasteiger partial charge in [0.2, 0.25) is 11.1 Å². The van der Waals surface area contributed by atoms with Gasteiger partial charge in [-0.1, -0.05) is 11.8 Å². The number of rotatable bonds is 6. The van der Waals surface area contributed by atoms with Crippen LogP contribution in [0.25, 0.3) is 0 Å². The number of carbonyl (C=O) groups excluding carboxylic acids is 1. The number of aliphatic carboxylic acids is 1. The Morgan fingerprint density at radius 3 is 2.90 bits per heavy atom. The van der Waals surface area contributed by atoms with Gasteiger partial charge < -0.3 is 10.4 Å². The minimum absolute atomic E-state index is 0.0394. The number of pyridine rings is 1. The highest BCUT2D eigenvalue weighted by molar-refractivity contribution is 9.10. The smallest absolute Gasteiger partial charge is 0.325 e. The highest BCUT2D eigenvalue weighted by Gasteiger charge is 2.12. The van der Waals surface area contributed by atoms with E-state index in [1.807, 2.05) is 0 Å². The van der Waals surface area contributed by atoms with Gasteiger partial charge in [-0.25, -0.2) is 9.67 Å². The Morgan fingerprint density at radius 1 is 1.43 bits per heavy atom. The average Bonchev–Trinajstić information content (AvgIpc) is 2.85. The molecule has 9 nitrogen and oxygen atoms in total. The molecule has 110 valence electrons. The molecule has 0 unspecified atom stereocenters. The van der Waals surface area contributed by atoms with E-state index in [-0.39, 0.29) is 23.4 Å². The van der Waals surface area contributed by atoms with Crippen molar-refractivity contribution in [2.45, 2.75) is 11.7 Å². The summed E-state index contributed by atoms with van der Waals surface area (Å²) >= 11 is 4.28. The summed E-state index contributed by atoms with van der Waals surface area (Å²) in [5.41, 5.74) is 0. The van der Waals surface area contributed by atoms with Gasteiger partial charge in [-0.15, -0.1) is 5.10 Å². The molecule has 0 bridgehead atoms. The summed E-state index contributed by atoms with van der Waals surface area (Å²) in [6.07, 6.45) is 1.57. The topological polar surface area (TPSA) is 123 Å². The van der Waals surface area contributed by atoms with Crippen molar-refractivity contribution in [3.63, 3.8) is 0 Å². The molecule has 0 aliphatic heterocycles. The van der Waals surface area contributed by atoms with Crippen LogP contribution in [0.2, 0.25) is 0 Å². The average molecular weight is 373 g/mol. The third kappa shape index (κ3) is 4.79. The van der Waals surface area contributed by atoms with Gasteiger partial charge in [0.25, 0.3) is 0 Å². The van der Waals surface area contributed by atoms with Gasteiger partial charge in [-0.3, -0.25) is 9.59 Å². The number of carboxylic acids is 1. The van der Waals surface area contributed by atoms with Crippen LogP contribution in [0.15, 0.2) is 28.0 Å². The SMILES string of the molecule is O=C(O)Cn1nnnc1SCC(=O)Nc1ccc(Br)cn1. The second-order valence-corrected chi connectivity index (χ2v) is 5.57. The van der Waals surface area contributed by atoms with Crippen LogP contribution in [0.5, 0.6) is 0 Å². The van der Waals surface area contributed by atoms with Gasteiger partial charge in [0.15, 0.2) is 0 Å². The van der Waals surface area contributed by atoms with E-state index in [2.05, 4.69) is 41.8 Å². The molecule has 0 radical (unpaired) electrons. The fraction of sp³-hybridized carbons (Fsp3) is 0.200. The third-order valence-corrected chi connectivity index (χ3v) is 3.54. The van der Waals surface area contributed by atoms with E-state index in [4.69, 9.17) is 5.11 Å². The largest absolute Gasteiger partial charge is 0.480 e. The zero-order chi connectivity index (χ0) is 15.2. The number of nitrogens with one attached hydrogen (secondary N) is 1. The molecule has 21 heavy (non-hydrogen) atoms. The number of nitrogens with zero attached hydrogens (tertiary/aromatic N) is 5. The summed E-state index contributed by atoms with van der Waals surface area (Å²) in [6.45, 7) is -0.356. The van der Waals surface area contributed by atoms with E-state index in [0.29, 0.717) is 5.82 Å². The molecular formula is C10H9BrN6O3S. The maximum Gasteiger partial charge on any atom is 0.325 e. The Kier molecular flexibility index (Phi) is 5.22. The molecule has 2 heterocycles. The van der Waals surface area contributed by atoms with Crippen molar-refractivity contribution in [2.24, 2.45) is 0 Å². The zero-order valence-electron chi connectivity index (χ0n) is 10.4. The van der Waals surface area contributed by atoms with Crippen LogP contribution in [0.1, 0.15) is 0 Å². The standard InChI is InChI=1S/C10H9BrN6O3S/c11-6-1-2-7(12-3-6)13-8(18)5-21-10-14-15-16-17(10)4-9(19)20/h1-3H,4-5H2,(H,19,20)(H,12,13,18). The van der Waals surface area contributed by atoms with Crippen molar-refractivity contribution in [1.82, 2.24) is 25.2 Å². The minimum atomic E-state index is -1.06. The number of carboxylic acid groups (broad SMARTS) is 1. The highest BCUT2D eigenvalue weighted by atomic mass is 79.9. The number of aromatic nitrogens is 5. The van der Waals surface area contributed by atoms with Gasteiger partial charge >= 0.3 is 5.97 Å². The van der Waals surface area contributed by atoms with Crippen molar-refractivity contribution >= 4 is 45.4 Å². The first-order chi connectivity index (χ1) is 10.0. The number of hydrogen-bond acceptors (Lipinski definition) is 7. The maximum absolute atomic E-state index is 11.7. The van der Waals surface area contributed by atoms with Crippen molar-refractivity contribution in [3.8, 4) is 0 Å². The summed E-state index contributed by atoms with van der Waals surface area (Å²) in [5, 5.41) is 22.1. The molecule has 0 aliphatic rings. The minimum Gasteiger partial charge on any atom is -0.480 e. The van der Waals surface area contributed by atoms with E-state index < -0.39 is 5.97 Å². The Hall–Kier alpha value is -2.01. The summed E-state index contributed by atoms with van der Waals surface area (Å²) in [5.74, 6) is -0.890. The quantitative estimate of drug-likeness (QED) is 0.708. The third-order valence-electron chi connectivity index (χ3n) is 2.11. The molecule has 0 atom stereocenters. The van der Waals surface area contributed by atoms with Gasteiger partial charge in [0.05, 0.1) is 5.75 Å². The second-order valence-electron chi connectivity index (χ2n) is 3.71. The molecule has 0 aromatic carbocycles. The predicted octanol–water partition coefficient (Wildman–Crippen LogP) is 0.646. The second kappa shape index (κ2) is 7.13. The van der Waals surface area contributed by atoms with Gasteiger partial charge in [-0.2, -0.15) is 0 Å². The van der Waals surface area contributed by atoms with Crippen LogP contribution >= 0.6 is 27.7 Å². The number of tetrazole rings is 1. The molecule has 2 aromatic heterocycles. The monoisotopic (exact) mass is 372 g/mol. The van der Waals surface area contributed by atoms with E-state index in [1.54, 1.807) is 18.3 Å². The van der Waals surface area contributed by atoms with Gasteiger partial charge in [0.1, 0.15) is 12.4 Å². The normalized spacial score (nSPS) is 10.3. The number of thioether (sulfide) groups is 1. The van der Waals surface area contributed by atoms with E-state index >= 15 is 0 Å². The lowest BCUT2D eigenvalue weighted by atomic mass is 10.4. The Balaban J connectivity index is 1.88. The van der Waals surface area contributed by atoms with Crippen LogP contribution in [0, 0.1) is 0 Å². The molecule has 0 saturated heterocycles. The first kappa shape index (κ1) is 15.4. The zero-order valence-corrected chi connectivity index (χ0v) is 12.8. The van der Waals surface area contributed by atoms with Crippen LogP contribution in [0.4, 0.5) is 5.82 Å². The van der Waals surface area contributed by atoms with E-state index in [9.17, 15) is 9.59 Å². The molecule has 0 spiro atoms. The highest BCUT2D eigenvalue weighted by Crippen LogP contribution is 2.15. The van der Waals surface area contributed by atoms with E-state index in [0.717, 1.165) is 20.9 Å². The molecule has 0 aliphatic carbocycles. The number of hydrogen-bond donors (Lipinski definition) is 2. The van der Waals surface area contributed by atoms with Crippen LogP contribution < -0.4 is 5.32 Å². The molecular weight excluding hydrogens is 364 g/mol. The first-order valence-corrected chi connectivity index (χ1v) is 7.34. The Bertz CT molecular complexity index is 646. The summed E-state index contributed by atoms with van der Waals surface area (Å²) in [4.78, 5) is 26.4.